The second-order valence-corrected chi connectivity index (χ2v) is 9.50. The van der Waals surface area contributed by atoms with E-state index in [9.17, 15) is 14.4 Å². The summed E-state index contributed by atoms with van der Waals surface area (Å²) < 4.78 is 5.36. The minimum atomic E-state index is -0.571. The summed E-state index contributed by atoms with van der Waals surface area (Å²) >= 11 is 1.67. The lowest BCUT2D eigenvalue weighted by molar-refractivity contribution is 0.0527. The fraction of sp³-hybridized carbons (Fsp3) is 0.400. The van der Waals surface area contributed by atoms with Crippen LogP contribution in [0.1, 0.15) is 88.7 Å². The second-order valence-electron chi connectivity index (χ2n) is 8.10. The largest absolute Gasteiger partial charge is 0.461 e. The van der Waals surface area contributed by atoms with Crippen molar-refractivity contribution in [3.8, 4) is 0 Å². The summed E-state index contributed by atoms with van der Waals surface area (Å²) in [6.07, 6.45) is 0. The molecule has 0 spiro atoms. The molecule has 164 valence electrons. The van der Waals surface area contributed by atoms with Crippen molar-refractivity contribution in [3.63, 3.8) is 0 Å². The molecule has 2 amide bonds. The standard InChI is InChI=1S/C25H29NO4S/c1-6-31-14-13-30-25(29)20-12-8-11-19-21(20)24(28)26(23(19)27)22-17(15(2)3)9-7-10-18(22)16(4)5/h7-12,15-16H,6,13-14H2,1-5H3. The highest BCUT2D eigenvalue weighted by atomic mass is 32.2. The molecule has 1 heterocycles. The Kier molecular flexibility index (Phi) is 7.21. The summed E-state index contributed by atoms with van der Waals surface area (Å²) in [5, 5.41) is 0. The molecular weight excluding hydrogens is 410 g/mol. The number of ether oxygens (including phenoxy) is 1. The number of imide groups is 1. The van der Waals surface area contributed by atoms with E-state index in [0.29, 0.717) is 11.4 Å². The molecule has 5 nitrogen and oxygen atoms in total. The van der Waals surface area contributed by atoms with Crippen molar-refractivity contribution in [2.75, 3.05) is 23.0 Å². The molecule has 0 aliphatic carbocycles. The number of benzene rings is 2. The molecule has 2 aromatic rings. The number of thioether (sulfide) groups is 1. The van der Waals surface area contributed by atoms with E-state index in [0.717, 1.165) is 16.9 Å². The molecule has 0 N–H and O–H groups in total. The third-order valence-corrected chi connectivity index (χ3v) is 6.23. The Hall–Kier alpha value is -2.60. The van der Waals surface area contributed by atoms with Crippen molar-refractivity contribution in [2.24, 2.45) is 0 Å². The number of anilines is 1. The van der Waals surface area contributed by atoms with Crippen molar-refractivity contribution in [1.29, 1.82) is 0 Å². The van der Waals surface area contributed by atoms with Gasteiger partial charge < -0.3 is 4.74 Å². The van der Waals surface area contributed by atoms with E-state index in [2.05, 4.69) is 0 Å². The average molecular weight is 440 g/mol. The zero-order valence-electron chi connectivity index (χ0n) is 18.7. The lowest BCUT2D eigenvalue weighted by Crippen LogP contribution is -2.32. The van der Waals surface area contributed by atoms with Crippen LogP contribution in [0.4, 0.5) is 5.69 Å². The number of esters is 1. The third kappa shape index (κ3) is 4.40. The summed E-state index contributed by atoms with van der Waals surface area (Å²) in [5.41, 5.74) is 3.03. The van der Waals surface area contributed by atoms with Crippen molar-refractivity contribution in [2.45, 2.75) is 46.5 Å². The Morgan fingerprint density at radius 2 is 1.58 bits per heavy atom. The molecule has 31 heavy (non-hydrogen) atoms. The number of para-hydroxylation sites is 1. The Labute approximate surface area is 188 Å². The van der Waals surface area contributed by atoms with Gasteiger partial charge in [-0.25, -0.2) is 9.69 Å². The lowest BCUT2D eigenvalue weighted by Gasteiger charge is -2.25. The fourth-order valence-electron chi connectivity index (χ4n) is 3.84. The number of amides is 2. The minimum absolute atomic E-state index is 0.124. The average Bonchev–Trinajstić information content (AvgIpc) is 3.00. The van der Waals surface area contributed by atoms with Gasteiger partial charge in [0.05, 0.1) is 22.4 Å². The first-order chi connectivity index (χ1) is 14.8. The van der Waals surface area contributed by atoms with Crippen LogP contribution in [-0.4, -0.2) is 35.9 Å². The van der Waals surface area contributed by atoms with Crippen molar-refractivity contribution in [3.05, 3.63) is 64.2 Å². The number of fused-ring (bicyclic) bond motifs is 1. The van der Waals surface area contributed by atoms with Crippen LogP contribution in [0.2, 0.25) is 0 Å². The van der Waals surface area contributed by atoms with Crippen LogP contribution in [0.15, 0.2) is 36.4 Å². The summed E-state index contributed by atoms with van der Waals surface area (Å²) in [7, 11) is 0. The second kappa shape index (κ2) is 9.69. The van der Waals surface area contributed by atoms with Gasteiger partial charge >= 0.3 is 5.97 Å². The maximum atomic E-state index is 13.6. The molecule has 6 heteroatoms. The normalized spacial score (nSPS) is 13.3. The zero-order chi connectivity index (χ0) is 22.7. The molecule has 0 unspecified atom stereocenters. The van der Waals surface area contributed by atoms with Gasteiger partial charge in [0, 0.05) is 5.75 Å². The Morgan fingerprint density at radius 1 is 0.968 bits per heavy atom. The van der Waals surface area contributed by atoms with Gasteiger partial charge in [0.25, 0.3) is 11.8 Å². The van der Waals surface area contributed by atoms with Gasteiger partial charge in [0.1, 0.15) is 6.61 Å². The van der Waals surface area contributed by atoms with Crippen LogP contribution in [0.5, 0.6) is 0 Å². The molecule has 0 aromatic heterocycles. The molecule has 0 saturated heterocycles. The fourth-order valence-corrected chi connectivity index (χ4v) is 4.33. The Balaban J connectivity index is 2.05. The van der Waals surface area contributed by atoms with E-state index in [1.54, 1.807) is 30.0 Å². The first-order valence-electron chi connectivity index (χ1n) is 10.7. The summed E-state index contributed by atoms with van der Waals surface area (Å²) in [6.45, 7) is 10.5. The molecular formula is C25H29NO4S. The van der Waals surface area contributed by atoms with E-state index in [4.69, 9.17) is 4.74 Å². The number of nitrogens with zero attached hydrogens (tertiary/aromatic N) is 1. The minimum Gasteiger partial charge on any atom is -0.461 e. The predicted octanol–water partition coefficient (Wildman–Crippen LogP) is 5.64. The third-order valence-electron chi connectivity index (χ3n) is 5.37. The Bertz CT molecular complexity index is 986. The summed E-state index contributed by atoms with van der Waals surface area (Å²) in [4.78, 5) is 40.9. The number of carbonyl (C=O) groups excluding carboxylic acids is 3. The van der Waals surface area contributed by atoms with Gasteiger partial charge in [-0.3, -0.25) is 9.59 Å². The predicted molar refractivity (Wildman–Crippen MR) is 125 cm³/mol. The monoisotopic (exact) mass is 439 g/mol. The first kappa shape index (κ1) is 23.1. The highest BCUT2D eigenvalue weighted by Crippen LogP contribution is 2.40. The maximum absolute atomic E-state index is 13.6. The van der Waals surface area contributed by atoms with Crippen LogP contribution >= 0.6 is 11.8 Å². The zero-order valence-corrected chi connectivity index (χ0v) is 19.5. The Morgan fingerprint density at radius 3 is 2.16 bits per heavy atom. The maximum Gasteiger partial charge on any atom is 0.338 e. The van der Waals surface area contributed by atoms with Crippen molar-refractivity contribution >= 4 is 35.2 Å². The number of hydrogen-bond donors (Lipinski definition) is 0. The first-order valence-corrected chi connectivity index (χ1v) is 11.8. The lowest BCUT2D eigenvalue weighted by atomic mass is 9.92. The number of hydrogen-bond acceptors (Lipinski definition) is 5. The van der Waals surface area contributed by atoms with E-state index in [1.807, 2.05) is 52.8 Å². The van der Waals surface area contributed by atoms with E-state index in [1.165, 1.54) is 4.90 Å². The molecule has 0 saturated carbocycles. The van der Waals surface area contributed by atoms with Crippen LogP contribution in [0, 0.1) is 0 Å². The van der Waals surface area contributed by atoms with E-state index in [-0.39, 0.29) is 35.1 Å². The molecule has 1 aliphatic rings. The van der Waals surface area contributed by atoms with Gasteiger partial charge in [-0.1, -0.05) is 58.9 Å². The van der Waals surface area contributed by atoms with E-state index >= 15 is 0 Å². The van der Waals surface area contributed by atoms with Gasteiger partial charge in [-0.15, -0.1) is 0 Å². The molecule has 0 atom stereocenters. The molecule has 0 fully saturated rings. The van der Waals surface area contributed by atoms with Crippen molar-refractivity contribution < 1.29 is 19.1 Å². The number of rotatable bonds is 8. The van der Waals surface area contributed by atoms with Crippen LogP contribution < -0.4 is 4.90 Å². The number of carbonyl (C=O) groups is 3. The molecule has 3 rings (SSSR count). The molecule has 1 aliphatic heterocycles. The van der Waals surface area contributed by atoms with Gasteiger partial charge in [0.15, 0.2) is 0 Å². The molecule has 0 bridgehead atoms. The molecule has 0 radical (unpaired) electrons. The highest BCUT2D eigenvalue weighted by molar-refractivity contribution is 7.99. The van der Waals surface area contributed by atoms with Gasteiger partial charge in [0.2, 0.25) is 0 Å². The SMILES string of the molecule is CCSCCOC(=O)c1cccc2c1C(=O)N(c1c(C(C)C)cccc1C(C)C)C2=O. The summed E-state index contributed by atoms with van der Waals surface area (Å²) in [5.74, 6) is 0.440. The molecule has 2 aromatic carbocycles. The van der Waals surface area contributed by atoms with E-state index < -0.39 is 17.8 Å². The van der Waals surface area contributed by atoms with Gasteiger partial charge in [-0.2, -0.15) is 11.8 Å². The van der Waals surface area contributed by atoms with Crippen LogP contribution in [0.3, 0.4) is 0 Å². The van der Waals surface area contributed by atoms with Gasteiger partial charge in [-0.05, 0) is 40.8 Å². The van der Waals surface area contributed by atoms with Crippen LogP contribution in [0.25, 0.3) is 0 Å². The topological polar surface area (TPSA) is 63.7 Å². The smallest absolute Gasteiger partial charge is 0.338 e. The van der Waals surface area contributed by atoms with Crippen LogP contribution in [-0.2, 0) is 4.74 Å². The van der Waals surface area contributed by atoms with Crippen molar-refractivity contribution in [1.82, 2.24) is 0 Å². The quantitative estimate of drug-likeness (QED) is 0.302. The highest BCUT2D eigenvalue weighted by Gasteiger charge is 2.42. The summed E-state index contributed by atoms with van der Waals surface area (Å²) in [6, 6.07) is 10.7.